The van der Waals surface area contributed by atoms with Crippen LogP contribution in [0.1, 0.15) is 20.8 Å². The average Bonchev–Trinajstić information content (AvgIpc) is 2.09. The van der Waals surface area contributed by atoms with Crippen LogP contribution >= 0.6 is 0 Å². The topological polar surface area (TPSA) is 58.6 Å². The molecular weight excluding hydrogens is 222 g/mol. The summed E-state index contributed by atoms with van der Waals surface area (Å²) in [5.74, 6) is 0. The third-order valence-corrected chi connectivity index (χ3v) is 7.41. The number of carbonyl (C=O) groups is 1. The van der Waals surface area contributed by atoms with E-state index < -0.39 is 14.4 Å². The van der Waals surface area contributed by atoms with Crippen molar-refractivity contribution in [2.24, 2.45) is 0 Å². The Balaban J connectivity index is 4.06. The minimum absolute atomic E-state index is 0.160. The molecule has 0 aliphatic rings. The Labute approximate surface area is 98.8 Å². The molecule has 0 bridgehead atoms. The number of amides is 1. The lowest BCUT2D eigenvalue weighted by atomic mass is 10.2. The lowest BCUT2D eigenvalue weighted by Gasteiger charge is -2.36. The Morgan fingerprint density at radius 2 is 1.94 bits per heavy atom. The van der Waals surface area contributed by atoms with Gasteiger partial charge in [0, 0.05) is 6.54 Å². The van der Waals surface area contributed by atoms with E-state index in [0.29, 0.717) is 6.61 Å². The van der Waals surface area contributed by atoms with E-state index in [4.69, 9.17) is 9.53 Å². The Morgan fingerprint density at radius 3 is 2.31 bits per heavy atom. The van der Waals surface area contributed by atoms with Crippen LogP contribution in [-0.4, -0.2) is 32.7 Å². The molecule has 0 unspecified atom stereocenters. The first-order valence-corrected chi connectivity index (χ1v) is 8.24. The van der Waals surface area contributed by atoms with Crippen molar-refractivity contribution in [3.63, 3.8) is 0 Å². The summed E-state index contributed by atoms with van der Waals surface area (Å²) in [6.45, 7) is 15.3. The molecule has 0 saturated carbocycles. The highest BCUT2D eigenvalue weighted by Crippen LogP contribution is 2.36. The second-order valence-corrected chi connectivity index (χ2v) is 10.3. The summed E-state index contributed by atoms with van der Waals surface area (Å²) in [7, 11) is -1.76. The predicted octanol–water partition coefficient (Wildman–Crippen LogP) is 2.83. The maximum Gasteiger partial charge on any atom is 0.404 e. The zero-order valence-corrected chi connectivity index (χ0v) is 11.9. The summed E-state index contributed by atoms with van der Waals surface area (Å²) in [5.41, 5.74) is 0.757. The molecule has 1 amide bonds. The van der Waals surface area contributed by atoms with Crippen molar-refractivity contribution >= 4 is 14.4 Å². The summed E-state index contributed by atoms with van der Waals surface area (Å²) in [4.78, 5) is 10.3. The van der Waals surface area contributed by atoms with Crippen molar-refractivity contribution in [3.8, 4) is 0 Å². The standard InChI is InChI=1S/C11H23NO3Si/c1-9(7-12-10(13)14)8-15-16(5,6)11(2,3)4/h12H,1,7-8H2,2-6H3,(H,13,14). The summed E-state index contributed by atoms with van der Waals surface area (Å²) >= 11 is 0. The molecule has 0 heterocycles. The molecule has 0 saturated heterocycles. The van der Waals surface area contributed by atoms with Crippen molar-refractivity contribution < 1.29 is 14.3 Å². The third-order valence-electron chi connectivity index (χ3n) is 2.93. The maximum absolute atomic E-state index is 10.3. The highest BCUT2D eigenvalue weighted by Gasteiger charge is 2.37. The van der Waals surface area contributed by atoms with Gasteiger partial charge in [-0.05, 0) is 23.7 Å². The first-order chi connectivity index (χ1) is 7.06. The monoisotopic (exact) mass is 245 g/mol. The van der Waals surface area contributed by atoms with Crippen LogP contribution in [0.5, 0.6) is 0 Å². The largest absolute Gasteiger partial charge is 0.465 e. The molecule has 0 aromatic carbocycles. The van der Waals surface area contributed by atoms with Gasteiger partial charge >= 0.3 is 6.09 Å². The second kappa shape index (κ2) is 5.50. The number of nitrogens with one attached hydrogen (secondary N) is 1. The highest BCUT2D eigenvalue weighted by atomic mass is 28.4. The lowest BCUT2D eigenvalue weighted by molar-refractivity contribution is 0.195. The van der Waals surface area contributed by atoms with Gasteiger partial charge in [-0.1, -0.05) is 27.4 Å². The quantitative estimate of drug-likeness (QED) is 0.578. The zero-order chi connectivity index (χ0) is 13.0. The molecule has 0 rings (SSSR count). The van der Waals surface area contributed by atoms with Crippen molar-refractivity contribution in [3.05, 3.63) is 12.2 Å². The van der Waals surface area contributed by atoms with E-state index in [1.807, 2.05) is 0 Å². The molecule has 5 heteroatoms. The van der Waals surface area contributed by atoms with E-state index in [1.165, 1.54) is 0 Å². The van der Waals surface area contributed by atoms with Crippen LogP contribution < -0.4 is 5.32 Å². The molecule has 16 heavy (non-hydrogen) atoms. The first-order valence-electron chi connectivity index (χ1n) is 5.33. The van der Waals surface area contributed by atoms with Crippen LogP contribution in [0.4, 0.5) is 4.79 Å². The third kappa shape index (κ3) is 5.32. The molecular formula is C11H23NO3Si. The van der Waals surface area contributed by atoms with Crippen LogP contribution in [-0.2, 0) is 4.43 Å². The van der Waals surface area contributed by atoms with E-state index in [9.17, 15) is 4.79 Å². The molecule has 94 valence electrons. The molecule has 2 N–H and O–H groups in total. The molecule has 0 aromatic rings. The van der Waals surface area contributed by atoms with Crippen LogP contribution in [0.25, 0.3) is 0 Å². The van der Waals surface area contributed by atoms with E-state index in [-0.39, 0.29) is 11.6 Å². The molecule has 0 aliphatic heterocycles. The molecule has 0 radical (unpaired) electrons. The van der Waals surface area contributed by atoms with Crippen molar-refractivity contribution in [2.75, 3.05) is 13.2 Å². The van der Waals surface area contributed by atoms with Crippen LogP contribution in [0, 0.1) is 0 Å². The van der Waals surface area contributed by atoms with Gasteiger partial charge in [0.1, 0.15) is 0 Å². The molecule has 0 atom stereocenters. The first kappa shape index (κ1) is 15.2. The van der Waals surface area contributed by atoms with Gasteiger partial charge in [-0.15, -0.1) is 0 Å². The van der Waals surface area contributed by atoms with Gasteiger partial charge in [-0.3, -0.25) is 0 Å². The SMILES string of the molecule is C=C(CNC(=O)O)CO[Si](C)(C)C(C)(C)C. The lowest BCUT2D eigenvalue weighted by Crippen LogP contribution is -2.41. The number of rotatable bonds is 5. The van der Waals surface area contributed by atoms with E-state index in [2.05, 4.69) is 45.8 Å². The summed E-state index contributed by atoms with van der Waals surface area (Å²) in [6.07, 6.45) is -1.03. The maximum atomic E-state index is 10.3. The van der Waals surface area contributed by atoms with Gasteiger partial charge in [-0.2, -0.15) is 0 Å². The van der Waals surface area contributed by atoms with E-state index in [1.54, 1.807) is 0 Å². The summed E-state index contributed by atoms with van der Waals surface area (Å²) < 4.78 is 5.89. The van der Waals surface area contributed by atoms with Gasteiger partial charge in [0.15, 0.2) is 8.32 Å². The van der Waals surface area contributed by atoms with Crippen LogP contribution in [0.2, 0.25) is 18.1 Å². The Kier molecular flexibility index (Phi) is 5.22. The molecule has 0 aliphatic carbocycles. The molecule has 0 aromatic heterocycles. The fourth-order valence-electron chi connectivity index (χ4n) is 0.751. The molecule has 0 fully saturated rings. The Hall–Kier alpha value is -0.813. The molecule has 4 nitrogen and oxygen atoms in total. The summed E-state index contributed by atoms with van der Waals surface area (Å²) in [5, 5.41) is 10.9. The predicted molar refractivity (Wildman–Crippen MR) is 68.3 cm³/mol. The number of hydrogen-bond acceptors (Lipinski definition) is 2. The van der Waals surface area contributed by atoms with Crippen molar-refractivity contribution in [2.45, 2.75) is 38.9 Å². The van der Waals surface area contributed by atoms with E-state index >= 15 is 0 Å². The second-order valence-electron chi connectivity index (χ2n) is 5.46. The minimum atomic E-state index is -1.76. The Morgan fingerprint density at radius 1 is 1.44 bits per heavy atom. The van der Waals surface area contributed by atoms with Crippen molar-refractivity contribution in [1.82, 2.24) is 5.32 Å². The number of hydrogen-bond donors (Lipinski definition) is 2. The van der Waals surface area contributed by atoms with Gasteiger partial charge in [0.2, 0.25) is 0 Å². The van der Waals surface area contributed by atoms with E-state index in [0.717, 1.165) is 5.57 Å². The Bertz CT molecular complexity index is 269. The smallest absolute Gasteiger partial charge is 0.404 e. The van der Waals surface area contributed by atoms with Gasteiger partial charge in [0.25, 0.3) is 0 Å². The zero-order valence-electron chi connectivity index (χ0n) is 10.9. The van der Waals surface area contributed by atoms with Crippen LogP contribution in [0.15, 0.2) is 12.2 Å². The summed E-state index contributed by atoms with van der Waals surface area (Å²) in [6, 6.07) is 0. The molecule has 0 spiro atoms. The number of carboxylic acid groups (broad SMARTS) is 1. The fraction of sp³-hybridized carbons (Fsp3) is 0.727. The van der Waals surface area contributed by atoms with Crippen molar-refractivity contribution in [1.29, 1.82) is 0 Å². The normalized spacial score (nSPS) is 12.3. The average molecular weight is 245 g/mol. The van der Waals surface area contributed by atoms with Gasteiger partial charge in [0.05, 0.1) is 6.61 Å². The fourth-order valence-corrected chi connectivity index (χ4v) is 1.75. The van der Waals surface area contributed by atoms with Crippen LogP contribution in [0.3, 0.4) is 0 Å². The minimum Gasteiger partial charge on any atom is -0.465 e. The van der Waals surface area contributed by atoms with Gasteiger partial charge in [-0.25, -0.2) is 4.79 Å². The van der Waals surface area contributed by atoms with Gasteiger partial charge < -0.3 is 14.8 Å². The highest BCUT2D eigenvalue weighted by molar-refractivity contribution is 6.74.